The fraction of sp³-hybridized carbons (Fsp3) is 0.154. The van der Waals surface area contributed by atoms with E-state index in [2.05, 4.69) is 12.1 Å². The number of carbonyl (C=O) groups excluding carboxylic acids is 1. The molecule has 16 heavy (non-hydrogen) atoms. The summed E-state index contributed by atoms with van der Waals surface area (Å²) in [4.78, 5) is 13.0. The normalized spacial score (nSPS) is 14.8. The Hall–Kier alpha value is -2.03. The number of hydrogen-bond donors (Lipinski definition) is 1. The summed E-state index contributed by atoms with van der Waals surface area (Å²) in [7, 11) is 0. The molecule has 3 nitrogen and oxygen atoms in total. The third-order valence-corrected chi connectivity index (χ3v) is 2.48. The summed E-state index contributed by atoms with van der Waals surface area (Å²) in [5.41, 5.74) is 7.11. The standard InChI is InChI=1S/C13H14N2O/c14-13(16)12-7-4-8-15(10-12)9-11-5-2-1-3-6-11/h1-6,8,10H,7,9H2,(H2,14,16). The fourth-order valence-corrected chi connectivity index (χ4v) is 1.67. The lowest BCUT2D eigenvalue weighted by atomic mass is 10.1. The first-order valence-electron chi connectivity index (χ1n) is 5.22. The van der Waals surface area contributed by atoms with Crippen LogP contribution in [0.3, 0.4) is 0 Å². The summed E-state index contributed by atoms with van der Waals surface area (Å²) in [5.74, 6) is -0.345. The Kier molecular flexibility index (Phi) is 3.05. The van der Waals surface area contributed by atoms with Crippen LogP contribution in [-0.2, 0) is 11.3 Å². The molecule has 2 rings (SSSR count). The minimum Gasteiger partial charge on any atom is -0.366 e. The van der Waals surface area contributed by atoms with Gasteiger partial charge in [0.05, 0.1) is 0 Å². The molecule has 0 atom stereocenters. The third-order valence-electron chi connectivity index (χ3n) is 2.48. The first-order valence-corrected chi connectivity index (χ1v) is 5.22. The summed E-state index contributed by atoms with van der Waals surface area (Å²) < 4.78 is 0. The molecule has 0 radical (unpaired) electrons. The lowest BCUT2D eigenvalue weighted by Gasteiger charge is -2.20. The van der Waals surface area contributed by atoms with E-state index >= 15 is 0 Å². The predicted molar refractivity (Wildman–Crippen MR) is 63.0 cm³/mol. The van der Waals surface area contributed by atoms with Gasteiger partial charge in [0.2, 0.25) is 5.91 Å². The molecule has 2 N–H and O–H groups in total. The summed E-state index contributed by atoms with van der Waals surface area (Å²) in [5, 5.41) is 0. The number of benzene rings is 1. The van der Waals surface area contributed by atoms with Crippen molar-refractivity contribution < 1.29 is 4.79 Å². The maximum absolute atomic E-state index is 11.0. The van der Waals surface area contributed by atoms with Crippen LogP contribution in [0.25, 0.3) is 0 Å². The molecule has 0 saturated carbocycles. The van der Waals surface area contributed by atoms with Gasteiger partial charge in [0.25, 0.3) is 0 Å². The first-order chi connectivity index (χ1) is 7.75. The fourth-order valence-electron chi connectivity index (χ4n) is 1.67. The second-order valence-corrected chi connectivity index (χ2v) is 3.77. The number of hydrogen-bond acceptors (Lipinski definition) is 2. The Morgan fingerprint density at radius 2 is 2.06 bits per heavy atom. The molecule has 1 aliphatic rings. The van der Waals surface area contributed by atoms with Crippen molar-refractivity contribution in [2.45, 2.75) is 13.0 Å². The van der Waals surface area contributed by atoms with Crippen LogP contribution in [0, 0.1) is 0 Å². The van der Waals surface area contributed by atoms with E-state index in [1.54, 1.807) is 0 Å². The second kappa shape index (κ2) is 4.66. The number of nitrogens with two attached hydrogens (primary N) is 1. The van der Waals surface area contributed by atoms with E-state index in [4.69, 9.17) is 5.73 Å². The zero-order chi connectivity index (χ0) is 11.4. The highest BCUT2D eigenvalue weighted by atomic mass is 16.1. The zero-order valence-electron chi connectivity index (χ0n) is 8.97. The average molecular weight is 214 g/mol. The lowest BCUT2D eigenvalue weighted by molar-refractivity contribution is -0.114. The highest BCUT2D eigenvalue weighted by Crippen LogP contribution is 2.14. The number of allylic oxidation sites excluding steroid dienone is 1. The summed E-state index contributed by atoms with van der Waals surface area (Å²) >= 11 is 0. The molecule has 1 amide bonds. The van der Waals surface area contributed by atoms with Gasteiger partial charge in [-0.3, -0.25) is 4.79 Å². The van der Waals surface area contributed by atoms with Gasteiger partial charge < -0.3 is 10.6 Å². The molecule has 1 heterocycles. The minimum atomic E-state index is -0.345. The van der Waals surface area contributed by atoms with Crippen molar-refractivity contribution in [3.63, 3.8) is 0 Å². The monoisotopic (exact) mass is 214 g/mol. The van der Waals surface area contributed by atoms with Gasteiger partial charge >= 0.3 is 0 Å². The predicted octanol–water partition coefficient (Wildman–Crippen LogP) is 1.78. The third kappa shape index (κ3) is 2.51. The molecule has 0 saturated heterocycles. The molecule has 0 aliphatic carbocycles. The topological polar surface area (TPSA) is 46.3 Å². The number of carbonyl (C=O) groups is 1. The Labute approximate surface area is 94.9 Å². The summed E-state index contributed by atoms with van der Waals surface area (Å²) in [6, 6.07) is 10.1. The maximum atomic E-state index is 11.0. The maximum Gasteiger partial charge on any atom is 0.246 e. The van der Waals surface area contributed by atoms with Crippen LogP contribution in [0.2, 0.25) is 0 Å². The van der Waals surface area contributed by atoms with E-state index in [-0.39, 0.29) is 5.91 Å². The molecular formula is C13H14N2O. The molecular weight excluding hydrogens is 200 g/mol. The van der Waals surface area contributed by atoms with Crippen molar-refractivity contribution in [3.05, 3.63) is 59.9 Å². The Morgan fingerprint density at radius 3 is 2.75 bits per heavy atom. The van der Waals surface area contributed by atoms with Crippen LogP contribution in [0.5, 0.6) is 0 Å². The Morgan fingerprint density at radius 1 is 1.31 bits per heavy atom. The molecule has 0 aromatic heterocycles. The quantitative estimate of drug-likeness (QED) is 0.833. The molecule has 1 aromatic carbocycles. The SMILES string of the molecule is NC(=O)C1=CN(Cc2ccccc2)C=CC1. The van der Waals surface area contributed by atoms with Gasteiger partial charge in [-0.25, -0.2) is 0 Å². The van der Waals surface area contributed by atoms with E-state index in [0.29, 0.717) is 12.0 Å². The number of primary amides is 1. The first kappa shape index (κ1) is 10.5. The van der Waals surface area contributed by atoms with Crippen LogP contribution < -0.4 is 5.73 Å². The van der Waals surface area contributed by atoms with Crippen LogP contribution in [0.1, 0.15) is 12.0 Å². The highest BCUT2D eigenvalue weighted by molar-refractivity contribution is 5.92. The van der Waals surface area contributed by atoms with Crippen LogP contribution in [0.15, 0.2) is 54.4 Å². The molecule has 0 spiro atoms. The highest BCUT2D eigenvalue weighted by Gasteiger charge is 2.09. The van der Waals surface area contributed by atoms with Gasteiger partial charge in [-0.15, -0.1) is 0 Å². The van der Waals surface area contributed by atoms with E-state index in [1.807, 2.05) is 41.6 Å². The van der Waals surface area contributed by atoms with Crippen molar-refractivity contribution in [2.75, 3.05) is 0 Å². The van der Waals surface area contributed by atoms with Gasteiger partial charge in [0.15, 0.2) is 0 Å². The van der Waals surface area contributed by atoms with E-state index in [0.717, 1.165) is 6.54 Å². The Bertz CT molecular complexity index is 435. The number of nitrogens with zero attached hydrogens (tertiary/aromatic N) is 1. The van der Waals surface area contributed by atoms with Gasteiger partial charge in [0.1, 0.15) is 0 Å². The average Bonchev–Trinajstić information content (AvgIpc) is 2.30. The molecule has 0 fully saturated rings. The van der Waals surface area contributed by atoms with Crippen molar-refractivity contribution in [3.8, 4) is 0 Å². The molecule has 1 aromatic rings. The van der Waals surface area contributed by atoms with Crippen molar-refractivity contribution in [1.82, 2.24) is 4.90 Å². The minimum absolute atomic E-state index is 0.345. The van der Waals surface area contributed by atoms with E-state index < -0.39 is 0 Å². The van der Waals surface area contributed by atoms with Gasteiger partial charge in [-0.05, 0) is 12.0 Å². The largest absolute Gasteiger partial charge is 0.366 e. The number of amides is 1. The lowest BCUT2D eigenvalue weighted by Crippen LogP contribution is -2.20. The van der Waals surface area contributed by atoms with Crippen LogP contribution >= 0.6 is 0 Å². The summed E-state index contributed by atoms with van der Waals surface area (Å²) in [6.45, 7) is 0.758. The van der Waals surface area contributed by atoms with E-state index in [9.17, 15) is 4.79 Å². The summed E-state index contributed by atoms with van der Waals surface area (Å²) in [6.07, 6.45) is 6.36. The van der Waals surface area contributed by atoms with Gasteiger partial charge in [-0.2, -0.15) is 0 Å². The van der Waals surface area contributed by atoms with Gasteiger partial charge in [-0.1, -0.05) is 36.4 Å². The van der Waals surface area contributed by atoms with Crippen molar-refractivity contribution in [1.29, 1.82) is 0 Å². The molecule has 3 heteroatoms. The molecule has 0 bridgehead atoms. The molecule has 82 valence electrons. The second-order valence-electron chi connectivity index (χ2n) is 3.77. The van der Waals surface area contributed by atoms with Crippen molar-refractivity contribution in [2.24, 2.45) is 5.73 Å². The van der Waals surface area contributed by atoms with Gasteiger partial charge in [0, 0.05) is 24.5 Å². The van der Waals surface area contributed by atoms with Crippen LogP contribution in [0.4, 0.5) is 0 Å². The smallest absolute Gasteiger partial charge is 0.246 e. The zero-order valence-corrected chi connectivity index (χ0v) is 8.97. The Balaban J connectivity index is 2.08. The molecule has 0 unspecified atom stereocenters. The molecule has 1 aliphatic heterocycles. The van der Waals surface area contributed by atoms with E-state index in [1.165, 1.54) is 5.56 Å². The number of rotatable bonds is 3. The van der Waals surface area contributed by atoms with Crippen molar-refractivity contribution >= 4 is 5.91 Å². The van der Waals surface area contributed by atoms with Crippen LogP contribution in [-0.4, -0.2) is 10.8 Å².